The van der Waals surface area contributed by atoms with Crippen LogP contribution in [-0.2, 0) is 6.42 Å². The summed E-state index contributed by atoms with van der Waals surface area (Å²) < 4.78 is 5.51. The molecular formula is C16H24N2O. The van der Waals surface area contributed by atoms with Crippen LogP contribution in [0.5, 0.6) is 5.75 Å². The van der Waals surface area contributed by atoms with Gasteiger partial charge in [-0.3, -0.25) is 0 Å². The third-order valence-electron chi connectivity index (χ3n) is 3.90. The second-order valence-electron chi connectivity index (χ2n) is 4.93. The minimum atomic E-state index is 0.969. The van der Waals surface area contributed by atoms with Crippen LogP contribution in [0, 0.1) is 6.92 Å². The second kappa shape index (κ2) is 6.11. The van der Waals surface area contributed by atoms with E-state index < -0.39 is 0 Å². The summed E-state index contributed by atoms with van der Waals surface area (Å²) in [5.41, 5.74) is 3.82. The van der Waals surface area contributed by atoms with Gasteiger partial charge in [-0.15, -0.1) is 0 Å². The van der Waals surface area contributed by atoms with Crippen molar-refractivity contribution in [1.82, 2.24) is 9.88 Å². The van der Waals surface area contributed by atoms with Crippen molar-refractivity contribution in [3.8, 4) is 5.75 Å². The van der Waals surface area contributed by atoms with Crippen LogP contribution < -0.4 is 4.74 Å². The van der Waals surface area contributed by atoms with E-state index in [4.69, 9.17) is 4.74 Å². The van der Waals surface area contributed by atoms with Gasteiger partial charge in [0.1, 0.15) is 5.75 Å². The highest BCUT2D eigenvalue weighted by Gasteiger charge is 2.11. The Morgan fingerprint density at radius 2 is 1.95 bits per heavy atom. The summed E-state index contributed by atoms with van der Waals surface area (Å²) in [6.07, 6.45) is 3.19. The Morgan fingerprint density at radius 1 is 1.21 bits per heavy atom. The molecule has 0 amide bonds. The number of aromatic nitrogens is 1. The molecule has 19 heavy (non-hydrogen) atoms. The predicted molar refractivity (Wildman–Crippen MR) is 81.1 cm³/mol. The summed E-state index contributed by atoms with van der Waals surface area (Å²) in [6.45, 7) is 9.86. The zero-order valence-corrected chi connectivity index (χ0v) is 12.4. The molecule has 0 saturated carbocycles. The highest BCUT2D eigenvalue weighted by Crippen LogP contribution is 2.31. The normalized spacial score (nSPS) is 11.4. The molecule has 104 valence electrons. The lowest BCUT2D eigenvalue weighted by molar-refractivity contribution is 0.308. The average molecular weight is 260 g/mol. The number of H-pyrrole nitrogens is 1. The zero-order chi connectivity index (χ0) is 13.8. The van der Waals surface area contributed by atoms with Gasteiger partial charge >= 0.3 is 0 Å². The monoisotopic (exact) mass is 260 g/mol. The third kappa shape index (κ3) is 2.76. The van der Waals surface area contributed by atoms with E-state index in [-0.39, 0.29) is 0 Å². The molecule has 0 saturated heterocycles. The molecule has 3 heteroatoms. The largest absolute Gasteiger partial charge is 0.496 e. The molecule has 0 radical (unpaired) electrons. The number of hydrogen-bond acceptors (Lipinski definition) is 2. The lowest BCUT2D eigenvalue weighted by Gasteiger charge is -2.17. The van der Waals surface area contributed by atoms with Crippen molar-refractivity contribution in [2.45, 2.75) is 27.2 Å². The Labute approximate surface area is 115 Å². The van der Waals surface area contributed by atoms with Crippen molar-refractivity contribution in [1.29, 1.82) is 0 Å². The van der Waals surface area contributed by atoms with E-state index in [0.29, 0.717) is 0 Å². The summed E-state index contributed by atoms with van der Waals surface area (Å²) in [4.78, 5) is 5.84. The predicted octanol–water partition coefficient (Wildman–Crippen LogP) is 3.37. The number of nitrogens with zero attached hydrogens (tertiary/aromatic N) is 1. The summed E-state index contributed by atoms with van der Waals surface area (Å²) in [5.74, 6) is 0.969. The van der Waals surface area contributed by atoms with Crippen molar-refractivity contribution < 1.29 is 4.74 Å². The van der Waals surface area contributed by atoms with Gasteiger partial charge in [0.05, 0.1) is 12.6 Å². The van der Waals surface area contributed by atoms with E-state index in [0.717, 1.165) is 31.8 Å². The van der Waals surface area contributed by atoms with Gasteiger partial charge < -0.3 is 14.6 Å². The first-order chi connectivity index (χ1) is 9.21. The topological polar surface area (TPSA) is 28.3 Å². The van der Waals surface area contributed by atoms with Gasteiger partial charge in [-0.2, -0.15) is 0 Å². The fourth-order valence-electron chi connectivity index (χ4n) is 2.61. The van der Waals surface area contributed by atoms with Crippen LogP contribution in [0.3, 0.4) is 0 Å². The fraction of sp³-hybridized carbons (Fsp3) is 0.500. The Kier molecular flexibility index (Phi) is 4.48. The molecule has 1 aromatic heterocycles. The number of aryl methyl sites for hydroxylation is 1. The minimum Gasteiger partial charge on any atom is -0.496 e. The zero-order valence-electron chi connectivity index (χ0n) is 12.4. The van der Waals surface area contributed by atoms with Crippen LogP contribution in [0.1, 0.15) is 25.0 Å². The molecule has 0 fully saturated rings. The lowest BCUT2D eigenvalue weighted by atomic mass is 10.1. The molecule has 0 bridgehead atoms. The maximum absolute atomic E-state index is 5.51. The van der Waals surface area contributed by atoms with Crippen LogP contribution >= 0.6 is 0 Å². The minimum absolute atomic E-state index is 0.969. The number of benzene rings is 1. The second-order valence-corrected chi connectivity index (χ2v) is 4.93. The summed E-state index contributed by atoms with van der Waals surface area (Å²) >= 11 is 0. The van der Waals surface area contributed by atoms with Crippen LogP contribution in [-0.4, -0.2) is 36.6 Å². The van der Waals surface area contributed by atoms with Crippen molar-refractivity contribution in [2.24, 2.45) is 0 Å². The molecule has 2 rings (SSSR count). The molecule has 1 aromatic carbocycles. The Hall–Kier alpha value is -1.48. The van der Waals surface area contributed by atoms with Gasteiger partial charge in [-0.25, -0.2) is 0 Å². The molecule has 1 N–H and O–H groups in total. The summed E-state index contributed by atoms with van der Waals surface area (Å²) in [7, 11) is 1.74. The highest BCUT2D eigenvalue weighted by atomic mass is 16.5. The number of methoxy groups -OCH3 is 1. The first-order valence-electron chi connectivity index (χ1n) is 7.07. The van der Waals surface area contributed by atoms with Crippen molar-refractivity contribution in [3.05, 3.63) is 29.5 Å². The van der Waals surface area contributed by atoms with Crippen LogP contribution in [0.25, 0.3) is 10.9 Å². The van der Waals surface area contributed by atoms with Gasteiger partial charge in [0, 0.05) is 18.1 Å². The number of aromatic amines is 1. The summed E-state index contributed by atoms with van der Waals surface area (Å²) in [5, 5.41) is 1.25. The van der Waals surface area contributed by atoms with Gasteiger partial charge in [0.15, 0.2) is 0 Å². The number of rotatable bonds is 6. The van der Waals surface area contributed by atoms with Gasteiger partial charge in [-0.05, 0) is 43.6 Å². The Balaban J connectivity index is 2.31. The van der Waals surface area contributed by atoms with Crippen LogP contribution in [0.2, 0.25) is 0 Å². The van der Waals surface area contributed by atoms with E-state index in [1.165, 1.54) is 22.0 Å². The fourth-order valence-corrected chi connectivity index (χ4v) is 2.61. The van der Waals surface area contributed by atoms with E-state index in [1.807, 2.05) is 0 Å². The smallest absolute Gasteiger partial charge is 0.128 e. The third-order valence-corrected chi connectivity index (χ3v) is 3.90. The van der Waals surface area contributed by atoms with E-state index in [9.17, 15) is 0 Å². The van der Waals surface area contributed by atoms with Crippen molar-refractivity contribution in [3.63, 3.8) is 0 Å². The lowest BCUT2D eigenvalue weighted by Crippen LogP contribution is -2.25. The SMILES string of the molecule is CCN(CC)CCc1c[nH]c2c(C)ccc(OC)c12. The van der Waals surface area contributed by atoms with Crippen LogP contribution in [0.4, 0.5) is 0 Å². The molecule has 0 aliphatic rings. The van der Waals surface area contributed by atoms with E-state index in [1.54, 1.807) is 7.11 Å². The molecule has 1 heterocycles. The van der Waals surface area contributed by atoms with Crippen molar-refractivity contribution >= 4 is 10.9 Å². The molecule has 0 spiro atoms. The summed E-state index contributed by atoms with van der Waals surface area (Å²) in [6, 6.07) is 4.16. The van der Waals surface area contributed by atoms with Crippen LogP contribution in [0.15, 0.2) is 18.3 Å². The number of nitrogens with one attached hydrogen (secondary N) is 1. The molecular weight excluding hydrogens is 236 g/mol. The standard InChI is InChI=1S/C16H24N2O/c1-5-18(6-2)10-9-13-11-17-16-12(3)7-8-14(19-4)15(13)16/h7-8,11,17H,5-6,9-10H2,1-4H3. The van der Waals surface area contributed by atoms with Gasteiger partial charge in [-0.1, -0.05) is 19.9 Å². The molecule has 3 nitrogen and oxygen atoms in total. The van der Waals surface area contributed by atoms with Gasteiger partial charge in [0.2, 0.25) is 0 Å². The Morgan fingerprint density at radius 3 is 2.58 bits per heavy atom. The molecule has 2 aromatic rings. The number of hydrogen-bond donors (Lipinski definition) is 1. The molecule has 0 atom stereocenters. The number of ether oxygens (including phenoxy) is 1. The maximum Gasteiger partial charge on any atom is 0.128 e. The first kappa shape index (κ1) is 13.9. The van der Waals surface area contributed by atoms with E-state index >= 15 is 0 Å². The molecule has 0 unspecified atom stereocenters. The van der Waals surface area contributed by atoms with Gasteiger partial charge in [0.25, 0.3) is 0 Å². The molecule has 0 aliphatic heterocycles. The number of fused-ring (bicyclic) bond motifs is 1. The molecule has 0 aliphatic carbocycles. The quantitative estimate of drug-likeness (QED) is 0.862. The number of likely N-dealkylation sites (N-methyl/N-ethyl adjacent to an activating group) is 1. The average Bonchev–Trinajstić information content (AvgIpc) is 2.86. The van der Waals surface area contributed by atoms with E-state index in [2.05, 4.69) is 49.0 Å². The Bertz CT molecular complexity index is 541. The van der Waals surface area contributed by atoms with Crippen molar-refractivity contribution in [2.75, 3.05) is 26.7 Å². The maximum atomic E-state index is 5.51. The highest BCUT2D eigenvalue weighted by molar-refractivity contribution is 5.91. The first-order valence-corrected chi connectivity index (χ1v) is 7.07.